The summed E-state index contributed by atoms with van der Waals surface area (Å²) in [5.41, 5.74) is -0.0586. The Morgan fingerprint density at radius 2 is 2.08 bits per heavy atom. The van der Waals surface area contributed by atoms with Crippen LogP contribution < -0.4 is 5.32 Å². The molecule has 3 unspecified atom stereocenters. The molecule has 2 N–H and O–H groups in total. The zero-order valence-corrected chi connectivity index (χ0v) is 15.4. The van der Waals surface area contributed by atoms with Gasteiger partial charge in [0.2, 0.25) is 0 Å². The summed E-state index contributed by atoms with van der Waals surface area (Å²) < 4.78 is 0. The molecule has 2 aliphatic heterocycles. The number of guanidine groups is 1. The molecule has 1 saturated heterocycles. The standard InChI is InChI=1S/C19H34N4O/c1-3-20-18(21-15-19(2)10-5-4-8-17(19)24)23-13-9-16(14-23)22-11-6-7-12-22/h6-7,16-17,24H,3-5,8-15H2,1-2H3,(H,20,21). The van der Waals surface area contributed by atoms with Gasteiger partial charge in [-0.05, 0) is 26.2 Å². The van der Waals surface area contributed by atoms with Gasteiger partial charge in [-0.3, -0.25) is 9.89 Å². The third-order valence-electron chi connectivity index (χ3n) is 6.03. The van der Waals surface area contributed by atoms with E-state index in [1.807, 2.05) is 0 Å². The Bertz CT molecular complexity index is 470. The lowest BCUT2D eigenvalue weighted by atomic mass is 9.73. The van der Waals surface area contributed by atoms with Crippen LogP contribution in [0.2, 0.25) is 0 Å². The monoisotopic (exact) mass is 334 g/mol. The van der Waals surface area contributed by atoms with Crippen LogP contribution in [0.3, 0.4) is 0 Å². The lowest BCUT2D eigenvalue weighted by Gasteiger charge is -2.37. The lowest BCUT2D eigenvalue weighted by molar-refractivity contribution is 0.00705. The van der Waals surface area contributed by atoms with Crippen LogP contribution in [-0.4, -0.2) is 72.3 Å². The molecule has 1 saturated carbocycles. The van der Waals surface area contributed by atoms with Crippen molar-refractivity contribution in [2.24, 2.45) is 10.4 Å². The topological polar surface area (TPSA) is 51.1 Å². The minimum atomic E-state index is -0.208. The van der Waals surface area contributed by atoms with Crippen molar-refractivity contribution in [2.45, 2.75) is 58.1 Å². The Balaban J connectivity index is 1.61. The van der Waals surface area contributed by atoms with Gasteiger partial charge in [0.25, 0.3) is 0 Å². The van der Waals surface area contributed by atoms with E-state index >= 15 is 0 Å². The molecule has 0 aromatic carbocycles. The average Bonchev–Trinajstić information content (AvgIpc) is 3.25. The molecule has 0 spiro atoms. The van der Waals surface area contributed by atoms with Crippen LogP contribution in [0.1, 0.15) is 46.0 Å². The molecule has 0 amide bonds. The number of aliphatic hydroxyl groups excluding tert-OH is 1. The van der Waals surface area contributed by atoms with Crippen molar-refractivity contribution in [1.29, 1.82) is 0 Å². The fourth-order valence-electron chi connectivity index (χ4n) is 4.27. The first kappa shape index (κ1) is 17.7. The third kappa shape index (κ3) is 3.94. The second kappa shape index (κ2) is 7.87. The first-order valence-corrected chi connectivity index (χ1v) is 9.73. The molecular weight excluding hydrogens is 300 g/mol. The van der Waals surface area contributed by atoms with Crippen molar-refractivity contribution in [1.82, 2.24) is 15.1 Å². The summed E-state index contributed by atoms with van der Waals surface area (Å²) in [5, 5.41) is 13.9. The van der Waals surface area contributed by atoms with Crippen LogP contribution >= 0.6 is 0 Å². The van der Waals surface area contributed by atoms with Gasteiger partial charge < -0.3 is 15.3 Å². The van der Waals surface area contributed by atoms with Gasteiger partial charge in [-0.25, -0.2) is 0 Å². The Kier molecular flexibility index (Phi) is 5.82. The molecule has 3 aliphatic rings. The Morgan fingerprint density at radius 1 is 1.29 bits per heavy atom. The maximum Gasteiger partial charge on any atom is 0.193 e. The van der Waals surface area contributed by atoms with Crippen LogP contribution in [0.5, 0.6) is 0 Å². The Hall–Kier alpha value is -1.07. The Morgan fingerprint density at radius 3 is 2.79 bits per heavy atom. The molecule has 1 aliphatic carbocycles. The number of hydrogen-bond acceptors (Lipinski definition) is 3. The van der Waals surface area contributed by atoms with E-state index in [4.69, 9.17) is 4.99 Å². The fraction of sp³-hybridized carbons (Fsp3) is 0.842. The maximum absolute atomic E-state index is 10.4. The third-order valence-corrected chi connectivity index (χ3v) is 6.03. The molecule has 2 heterocycles. The molecule has 136 valence electrons. The number of likely N-dealkylation sites (tertiary alicyclic amines) is 1. The molecule has 0 radical (unpaired) electrons. The maximum atomic E-state index is 10.4. The number of aliphatic imine (C=N–C) groups is 1. The number of nitrogens with one attached hydrogen (secondary N) is 1. The molecule has 3 atom stereocenters. The lowest BCUT2D eigenvalue weighted by Crippen LogP contribution is -2.44. The van der Waals surface area contributed by atoms with Crippen molar-refractivity contribution < 1.29 is 5.11 Å². The van der Waals surface area contributed by atoms with Crippen molar-refractivity contribution in [3.63, 3.8) is 0 Å². The van der Waals surface area contributed by atoms with Crippen LogP contribution in [0.15, 0.2) is 17.1 Å². The van der Waals surface area contributed by atoms with Crippen LogP contribution in [0.4, 0.5) is 0 Å². The smallest absolute Gasteiger partial charge is 0.193 e. The van der Waals surface area contributed by atoms with Crippen LogP contribution in [0.25, 0.3) is 0 Å². The molecule has 0 aromatic rings. The summed E-state index contributed by atoms with van der Waals surface area (Å²) in [7, 11) is 0. The van der Waals surface area contributed by atoms with E-state index in [1.165, 1.54) is 12.8 Å². The van der Waals surface area contributed by atoms with E-state index in [-0.39, 0.29) is 11.5 Å². The van der Waals surface area contributed by atoms with Crippen molar-refractivity contribution in [3.05, 3.63) is 12.2 Å². The molecular formula is C19H34N4O. The van der Waals surface area contributed by atoms with Gasteiger partial charge in [0, 0.05) is 44.2 Å². The second-order valence-electron chi connectivity index (χ2n) is 7.90. The van der Waals surface area contributed by atoms with Gasteiger partial charge in [0.05, 0.1) is 12.6 Å². The van der Waals surface area contributed by atoms with E-state index < -0.39 is 0 Å². The highest BCUT2D eigenvalue weighted by molar-refractivity contribution is 5.80. The van der Waals surface area contributed by atoms with Gasteiger partial charge in [0.15, 0.2) is 5.96 Å². The van der Waals surface area contributed by atoms with Crippen LogP contribution in [0, 0.1) is 5.41 Å². The normalized spacial score (nSPS) is 35.0. The van der Waals surface area contributed by atoms with E-state index in [0.717, 1.165) is 64.5 Å². The zero-order valence-electron chi connectivity index (χ0n) is 15.4. The first-order valence-electron chi connectivity index (χ1n) is 9.73. The molecule has 0 bridgehead atoms. The fourth-order valence-corrected chi connectivity index (χ4v) is 4.27. The summed E-state index contributed by atoms with van der Waals surface area (Å²) in [6.45, 7) is 10.3. The highest BCUT2D eigenvalue weighted by Gasteiger charge is 2.36. The van der Waals surface area contributed by atoms with Crippen molar-refractivity contribution in [3.8, 4) is 0 Å². The predicted molar refractivity (Wildman–Crippen MR) is 99.3 cm³/mol. The quantitative estimate of drug-likeness (QED) is 0.468. The molecule has 0 aromatic heterocycles. The van der Waals surface area contributed by atoms with Crippen molar-refractivity contribution >= 4 is 5.96 Å². The molecule has 24 heavy (non-hydrogen) atoms. The summed E-state index contributed by atoms with van der Waals surface area (Å²) >= 11 is 0. The molecule has 3 rings (SSSR count). The Labute approximate surface area is 146 Å². The van der Waals surface area contributed by atoms with E-state index in [0.29, 0.717) is 6.04 Å². The van der Waals surface area contributed by atoms with Gasteiger partial charge in [-0.2, -0.15) is 0 Å². The van der Waals surface area contributed by atoms with Gasteiger partial charge in [-0.15, -0.1) is 0 Å². The number of hydrogen-bond donors (Lipinski definition) is 2. The van der Waals surface area contributed by atoms with Crippen LogP contribution in [-0.2, 0) is 0 Å². The molecule has 5 heteroatoms. The van der Waals surface area contributed by atoms with E-state index in [9.17, 15) is 5.11 Å². The average molecular weight is 335 g/mol. The highest BCUT2D eigenvalue weighted by Crippen LogP contribution is 2.36. The molecule has 2 fully saturated rings. The number of nitrogens with zero attached hydrogens (tertiary/aromatic N) is 3. The first-order chi connectivity index (χ1) is 11.6. The van der Waals surface area contributed by atoms with Crippen molar-refractivity contribution in [2.75, 3.05) is 39.3 Å². The van der Waals surface area contributed by atoms with Gasteiger partial charge >= 0.3 is 0 Å². The number of rotatable bonds is 4. The van der Waals surface area contributed by atoms with E-state index in [2.05, 4.69) is 41.1 Å². The minimum Gasteiger partial charge on any atom is -0.392 e. The summed E-state index contributed by atoms with van der Waals surface area (Å²) in [6.07, 6.45) is 9.92. The number of aliphatic hydroxyl groups is 1. The van der Waals surface area contributed by atoms with Gasteiger partial charge in [-0.1, -0.05) is 31.9 Å². The predicted octanol–water partition coefficient (Wildman–Crippen LogP) is 1.84. The molecule has 5 nitrogen and oxygen atoms in total. The zero-order chi connectivity index (χ0) is 17.0. The van der Waals surface area contributed by atoms with Gasteiger partial charge in [0.1, 0.15) is 0 Å². The van der Waals surface area contributed by atoms with E-state index in [1.54, 1.807) is 0 Å². The highest BCUT2D eigenvalue weighted by atomic mass is 16.3. The SMILES string of the molecule is CCNC(=NCC1(C)CCCCC1O)N1CCC(N2CC=CC2)C1. The second-order valence-corrected chi connectivity index (χ2v) is 7.90. The minimum absolute atomic E-state index is 0.0586. The summed E-state index contributed by atoms with van der Waals surface area (Å²) in [6, 6.07) is 0.639. The largest absolute Gasteiger partial charge is 0.392 e. The summed E-state index contributed by atoms with van der Waals surface area (Å²) in [4.78, 5) is 9.90. The summed E-state index contributed by atoms with van der Waals surface area (Å²) in [5.74, 6) is 1.03.